The lowest BCUT2D eigenvalue weighted by molar-refractivity contribution is -0.243. The number of thioether (sulfide) groups is 1. The normalized spacial score (nSPS) is 22.0. The van der Waals surface area contributed by atoms with E-state index in [1.807, 2.05) is 53.4 Å². The summed E-state index contributed by atoms with van der Waals surface area (Å²) >= 11 is 1.08. The molecule has 2 atom stereocenters. The van der Waals surface area contributed by atoms with Gasteiger partial charge in [-0.25, -0.2) is 4.79 Å². The fraction of sp³-hybridized carbons (Fsp3) is 0.367. The lowest BCUT2D eigenvalue weighted by atomic mass is 9.94. The minimum Gasteiger partial charge on any atom is -0.378 e. The first-order chi connectivity index (χ1) is 21.0. The van der Waals surface area contributed by atoms with Crippen molar-refractivity contribution in [3.8, 4) is 11.3 Å². The van der Waals surface area contributed by atoms with Crippen molar-refractivity contribution in [3.05, 3.63) is 77.0 Å². The highest BCUT2D eigenvalue weighted by molar-refractivity contribution is 8.04. The fourth-order valence-electron chi connectivity index (χ4n) is 5.53. The molecular formula is C30H30F3N5O5S. The summed E-state index contributed by atoms with van der Waals surface area (Å²) in [6, 6.07) is 17.0. The van der Waals surface area contributed by atoms with E-state index in [4.69, 9.17) is 14.1 Å². The van der Waals surface area contributed by atoms with Crippen LogP contribution in [0.5, 0.6) is 0 Å². The molecule has 6 rings (SSSR count). The van der Waals surface area contributed by atoms with Crippen molar-refractivity contribution in [2.45, 2.75) is 49.9 Å². The first-order valence-electron chi connectivity index (χ1n) is 14.0. The molecule has 3 aliphatic heterocycles. The molecule has 0 bridgehead atoms. The number of amides is 1. The van der Waals surface area contributed by atoms with Crippen LogP contribution in [0.1, 0.15) is 25.8 Å². The van der Waals surface area contributed by atoms with Crippen molar-refractivity contribution in [1.82, 2.24) is 20.4 Å². The number of carbonyl (C=O) groups excluding carboxylic acids is 2. The molecule has 4 heterocycles. The molecule has 1 aromatic heterocycles. The van der Waals surface area contributed by atoms with E-state index in [2.05, 4.69) is 15.8 Å². The Kier molecular flexibility index (Phi) is 8.07. The predicted octanol–water partition coefficient (Wildman–Crippen LogP) is 5.19. The number of nitrogens with zero attached hydrogens (tertiary/aromatic N) is 3. The summed E-state index contributed by atoms with van der Waals surface area (Å²) in [5.74, 6) is -2.10. The number of anilines is 2. The summed E-state index contributed by atoms with van der Waals surface area (Å²) in [5, 5.41) is 11.0. The largest absolute Gasteiger partial charge is 0.493 e. The van der Waals surface area contributed by atoms with Crippen molar-refractivity contribution >= 4 is 35.0 Å². The Labute approximate surface area is 255 Å². The molecule has 1 fully saturated rings. The lowest BCUT2D eigenvalue weighted by Gasteiger charge is -2.42. The Bertz CT molecular complexity index is 1580. The van der Waals surface area contributed by atoms with Gasteiger partial charge in [0.05, 0.1) is 30.0 Å². The van der Waals surface area contributed by atoms with Crippen molar-refractivity contribution in [3.63, 3.8) is 0 Å². The topological polar surface area (TPSA) is 109 Å². The van der Waals surface area contributed by atoms with E-state index < -0.39 is 29.1 Å². The van der Waals surface area contributed by atoms with E-state index in [1.54, 1.807) is 26.1 Å². The average molecular weight is 630 g/mol. The van der Waals surface area contributed by atoms with Gasteiger partial charge in [0.2, 0.25) is 0 Å². The van der Waals surface area contributed by atoms with Gasteiger partial charge in [0.25, 0.3) is 5.91 Å². The Balaban J connectivity index is 1.22. The number of hydrogen-bond acceptors (Lipinski definition) is 10. The maximum atomic E-state index is 13.3. The maximum absolute atomic E-state index is 13.3. The molecule has 1 saturated heterocycles. The molecule has 2 aromatic carbocycles. The third-order valence-corrected chi connectivity index (χ3v) is 8.79. The van der Waals surface area contributed by atoms with Gasteiger partial charge < -0.3 is 24.7 Å². The number of aromatic nitrogens is 1. The smallest absolute Gasteiger partial charge is 0.378 e. The first-order valence-corrected chi connectivity index (χ1v) is 14.9. The molecule has 0 saturated carbocycles. The van der Waals surface area contributed by atoms with Crippen molar-refractivity contribution in [2.75, 3.05) is 25.1 Å². The van der Waals surface area contributed by atoms with Crippen LogP contribution >= 0.6 is 11.8 Å². The zero-order valence-corrected chi connectivity index (χ0v) is 24.7. The summed E-state index contributed by atoms with van der Waals surface area (Å²) in [7, 11) is 0. The second kappa shape index (κ2) is 11.8. The van der Waals surface area contributed by atoms with Crippen LogP contribution in [0.3, 0.4) is 0 Å². The number of morpholine rings is 1. The first kappa shape index (κ1) is 30.0. The van der Waals surface area contributed by atoms with Crippen LogP contribution in [0.2, 0.25) is 0 Å². The molecule has 0 spiro atoms. The molecule has 10 nitrogen and oxygen atoms in total. The van der Waals surface area contributed by atoms with E-state index in [9.17, 15) is 22.8 Å². The molecule has 44 heavy (non-hydrogen) atoms. The van der Waals surface area contributed by atoms with Gasteiger partial charge in [-0.2, -0.15) is 18.2 Å². The minimum absolute atomic E-state index is 0.197. The van der Waals surface area contributed by atoms with Crippen molar-refractivity contribution in [2.24, 2.45) is 0 Å². The highest BCUT2D eigenvalue weighted by Gasteiger charge is 2.51. The van der Waals surface area contributed by atoms with Crippen molar-refractivity contribution in [1.29, 1.82) is 0 Å². The number of hydroxylamine groups is 2. The van der Waals surface area contributed by atoms with E-state index in [0.29, 0.717) is 31.9 Å². The second-order valence-electron chi connectivity index (χ2n) is 11.4. The third kappa shape index (κ3) is 6.42. The molecule has 0 radical (unpaired) electrons. The van der Waals surface area contributed by atoms with Gasteiger partial charge in [0, 0.05) is 47.6 Å². The quantitative estimate of drug-likeness (QED) is 0.363. The standard InChI is InChI=1S/C30H30F3N5O5S/c1-29(2)16-23-25(26(39)36-29)44-28(38(23)43-27(40)30(31,32)33)37-11-12-41-17-22(37)14-18-5-3-7-20(13-18)35-21-8-4-6-19(15-21)24-9-10-34-42-24/h3-10,13,15,22,28,35H,11-12,14,16-17H2,1-2H3,(H,36,39). The number of halogens is 3. The van der Waals surface area contributed by atoms with Crippen LogP contribution in [0, 0.1) is 0 Å². The van der Waals surface area contributed by atoms with Gasteiger partial charge in [-0.05, 0) is 50.1 Å². The van der Waals surface area contributed by atoms with Crippen LogP contribution in [-0.4, -0.2) is 70.0 Å². The molecule has 0 aliphatic carbocycles. The van der Waals surface area contributed by atoms with Crippen LogP contribution in [0.25, 0.3) is 11.3 Å². The molecule has 3 aromatic rings. The number of ether oxygens (including phenoxy) is 1. The Hall–Kier alpha value is -4.01. The third-order valence-electron chi connectivity index (χ3n) is 7.46. The number of benzene rings is 2. The summed E-state index contributed by atoms with van der Waals surface area (Å²) in [5.41, 5.74) is 2.17. The van der Waals surface area contributed by atoms with Crippen LogP contribution in [-0.2, 0) is 25.6 Å². The van der Waals surface area contributed by atoms with E-state index >= 15 is 0 Å². The minimum atomic E-state index is -5.20. The predicted molar refractivity (Wildman–Crippen MR) is 156 cm³/mol. The number of rotatable bonds is 7. The highest BCUT2D eigenvalue weighted by Crippen LogP contribution is 2.46. The van der Waals surface area contributed by atoms with Crippen LogP contribution in [0.15, 0.2) is 75.9 Å². The lowest BCUT2D eigenvalue weighted by Crippen LogP contribution is -2.56. The summed E-state index contributed by atoms with van der Waals surface area (Å²) in [4.78, 5) is 32.2. The van der Waals surface area contributed by atoms with Crippen LogP contribution < -0.4 is 10.6 Å². The zero-order valence-electron chi connectivity index (χ0n) is 23.9. The Morgan fingerprint density at radius 2 is 1.95 bits per heavy atom. The van der Waals surface area contributed by atoms with Gasteiger partial charge in [-0.1, -0.05) is 41.2 Å². The molecule has 1 amide bonds. The molecule has 2 unspecified atom stereocenters. The van der Waals surface area contributed by atoms with Crippen molar-refractivity contribution < 1.29 is 36.9 Å². The number of nitrogens with one attached hydrogen (secondary N) is 2. The monoisotopic (exact) mass is 629 g/mol. The van der Waals surface area contributed by atoms with Crippen LogP contribution in [0.4, 0.5) is 24.5 Å². The van der Waals surface area contributed by atoms with Gasteiger partial charge in [0.1, 0.15) is 0 Å². The maximum Gasteiger partial charge on any atom is 0.493 e. The van der Waals surface area contributed by atoms with Gasteiger partial charge >= 0.3 is 12.1 Å². The Morgan fingerprint density at radius 1 is 1.18 bits per heavy atom. The van der Waals surface area contributed by atoms with Gasteiger partial charge in [0.15, 0.2) is 11.3 Å². The van der Waals surface area contributed by atoms with E-state index in [0.717, 1.165) is 39.3 Å². The second-order valence-corrected chi connectivity index (χ2v) is 12.5. The summed E-state index contributed by atoms with van der Waals surface area (Å²) in [6.07, 6.45) is -2.92. The molecule has 14 heteroatoms. The van der Waals surface area contributed by atoms with Gasteiger partial charge in [-0.3, -0.25) is 9.69 Å². The molecule has 2 N–H and O–H groups in total. The number of hydrogen-bond donors (Lipinski definition) is 2. The van der Waals surface area contributed by atoms with E-state index in [1.165, 1.54) is 0 Å². The summed E-state index contributed by atoms with van der Waals surface area (Å²) in [6.45, 7) is 4.52. The number of alkyl halides is 3. The molecule has 3 aliphatic rings. The molecular weight excluding hydrogens is 599 g/mol. The number of carbonyl (C=O) groups is 2. The van der Waals surface area contributed by atoms with E-state index in [-0.39, 0.29) is 23.1 Å². The highest BCUT2D eigenvalue weighted by atomic mass is 32.2. The summed E-state index contributed by atoms with van der Waals surface area (Å²) < 4.78 is 51.0. The SMILES string of the molecule is CC1(C)CC2=C(SC(N3CCOCC3Cc3cccc(Nc4cccc(-c5ccno5)c4)c3)N2OC(=O)C(F)(F)F)C(=O)N1. The average Bonchev–Trinajstić information content (AvgIpc) is 3.62. The van der Waals surface area contributed by atoms with Gasteiger partial charge in [-0.15, -0.1) is 0 Å². The fourth-order valence-corrected chi connectivity index (χ4v) is 6.88. The Morgan fingerprint density at radius 3 is 2.70 bits per heavy atom. The molecule has 232 valence electrons. The zero-order chi connectivity index (χ0) is 31.1.